The van der Waals surface area contributed by atoms with Crippen LogP contribution in [0.2, 0.25) is 0 Å². The molecule has 2 aromatic rings. The maximum Gasteiger partial charge on any atom is 0.343 e. The third-order valence-corrected chi connectivity index (χ3v) is 2.80. The van der Waals surface area contributed by atoms with Gasteiger partial charge in [0.05, 0.1) is 16.1 Å². The predicted molar refractivity (Wildman–Crippen MR) is 74.7 cm³/mol. The Balaban J connectivity index is 2.28. The van der Waals surface area contributed by atoms with E-state index in [0.29, 0.717) is 0 Å². The molecule has 0 aromatic heterocycles. The molecule has 0 radical (unpaired) electrons. The summed E-state index contributed by atoms with van der Waals surface area (Å²) in [6, 6.07) is 11.0. The van der Waals surface area contributed by atoms with Gasteiger partial charge in [-0.15, -0.1) is 0 Å². The zero-order valence-electron chi connectivity index (χ0n) is 10.5. The molecule has 0 unspecified atom stereocenters. The fourth-order valence-corrected chi connectivity index (χ4v) is 1.78. The van der Waals surface area contributed by atoms with Crippen molar-refractivity contribution in [2.24, 2.45) is 0 Å². The Hall–Kier alpha value is -2.73. The largest absolute Gasteiger partial charge is 0.422 e. The number of para-hydroxylation sites is 1. The molecular formula is C14H8ClNO5. The summed E-state index contributed by atoms with van der Waals surface area (Å²) in [5, 5.41) is 9.90. The highest BCUT2D eigenvalue weighted by Gasteiger charge is 2.16. The standard InChI is InChI=1S/C14H8ClNO5/c15-13(17)11-6-1-2-7-12(11)21-14(18)9-4-3-5-10(8-9)16(19)20/h1-8H. The fraction of sp³-hybridized carbons (Fsp3) is 0. The second kappa shape index (κ2) is 6.15. The van der Waals surface area contributed by atoms with Crippen molar-refractivity contribution in [1.82, 2.24) is 0 Å². The zero-order chi connectivity index (χ0) is 15.4. The Morgan fingerprint density at radius 1 is 1.10 bits per heavy atom. The number of esters is 1. The van der Waals surface area contributed by atoms with Gasteiger partial charge < -0.3 is 4.74 Å². The summed E-state index contributed by atoms with van der Waals surface area (Å²) in [7, 11) is 0. The molecule has 0 spiro atoms. The van der Waals surface area contributed by atoms with E-state index < -0.39 is 16.1 Å². The minimum absolute atomic E-state index is 0.000949. The van der Waals surface area contributed by atoms with E-state index in [-0.39, 0.29) is 22.6 Å². The second-order valence-corrected chi connectivity index (χ2v) is 4.31. The summed E-state index contributed by atoms with van der Waals surface area (Å²) >= 11 is 5.39. The number of nitrogens with zero attached hydrogens (tertiary/aromatic N) is 1. The van der Waals surface area contributed by atoms with Crippen LogP contribution in [0.15, 0.2) is 48.5 Å². The zero-order valence-corrected chi connectivity index (χ0v) is 11.2. The van der Waals surface area contributed by atoms with E-state index in [1.165, 1.54) is 30.3 Å². The lowest BCUT2D eigenvalue weighted by Crippen LogP contribution is -2.10. The van der Waals surface area contributed by atoms with Gasteiger partial charge in [-0.1, -0.05) is 18.2 Å². The molecule has 0 aliphatic rings. The van der Waals surface area contributed by atoms with Crippen molar-refractivity contribution in [3.63, 3.8) is 0 Å². The fourth-order valence-electron chi connectivity index (χ4n) is 1.62. The van der Waals surface area contributed by atoms with Crippen LogP contribution >= 0.6 is 11.6 Å². The summed E-state index contributed by atoms with van der Waals surface area (Å²) in [6.07, 6.45) is 0. The smallest absolute Gasteiger partial charge is 0.343 e. The van der Waals surface area contributed by atoms with E-state index in [9.17, 15) is 19.7 Å². The molecule has 7 heteroatoms. The van der Waals surface area contributed by atoms with Crippen LogP contribution in [0.5, 0.6) is 5.75 Å². The van der Waals surface area contributed by atoms with E-state index in [1.54, 1.807) is 12.1 Å². The average molecular weight is 306 g/mol. The molecule has 2 aromatic carbocycles. The number of halogens is 1. The van der Waals surface area contributed by atoms with Crippen LogP contribution in [-0.4, -0.2) is 16.1 Å². The molecule has 2 rings (SSSR count). The molecule has 0 atom stereocenters. The summed E-state index contributed by atoms with van der Waals surface area (Å²) < 4.78 is 5.06. The number of carbonyl (C=O) groups is 2. The highest BCUT2D eigenvalue weighted by molar-refractivity contribution is 6.68. The lowest BCUT2D eigenvalue weighted by Gasteiger charge is -2.07. The van der Waals surface area contributed by atoms with Crippen LogP contribution in [0.3, 0.4) is 0 Å². The first-order valence-electron chi connectivity index (χ1n) is 5.74. The number of hydrogen-bond acceptors (Lipinski definition) is 5. The molecule has 0 saturated carbocycles. The molecule has 0 amide bonds. The van der Waals surface area contributed by atoms with Gasteiger partial charge in [-0.05, 0) is 29.8 Å². The number of ether oxygens (including phenoxy) is 1. The number of nitro benzene ring substituents is 1. The first kappa shape index (κ1) is 14.7. The van der Waals surface area contributed by atoms with Crippen LogP contribution in [0.25, 0.3) is 0 Å². The maximum absolute atomic E-state index is 12.0. The SMILES string of the molecule is O=C(Oc1ccccc1C(=O)Cl)c1cccc([N+](=O)[O-])c1. The van der Waals surface area contributed by atoms with E-state index in [0.717, 1.165) is 6.07 Å². The molecule has 0 aliphatic heterocycles. The van der Waals surface area contributed by atoms with Gasteiger partial charge in [-0.2, -0.15) is 0 Å². The predicted octanol–water partition coefficient (Wildman–Crippen LogP) is 3.19. The Bertz CT molecular complexity index is 729. The van der Waals surface area contributed by atoms with Gasteiger partial charge in [0.15, 0.2) is 0 Å². The Morgan fingerprint density at radius 3 is 2.48 bits per heavy atom. The molecule has 21 heavy (non-hydrogen) atoms. The first-order chi connectivity index (χ1) is 9.99. The summed E-state index contributed by atoms with van der Waals surface area (Å²) in [5.41, 5.74) is -0.190. The Labute approximate surface area is 124 Å². The van der Waals surface area contributed by atoms with Crippen molar-refractivity contribution >= 4 is 28.5 Å². The van der Waals surface area contributed by atoms with Gasteiger partial charge in [0.1, 0.15) is 5.75 Å². The molecule has 0 fully saturated rings. The van der Waals surface area contributed by atoms with Crippen LogP contribution in [0, 0.1) is 10.1 Å². The number of nitro groups is 1. The maximum atomic E-state index is 12.0. The molecule has 0 aliphatic carbocycles. The lowest BCUT2D eigenvalue weighted by molar-refractivity contribution is -0.384. The number of non-ortho nitro benzene ring substituents is 1. The normalized spacial score (nSPS) is 9.95. The molecule has 0 heterocycles. The molecule has 0 bridgehead atoms. The van der Waals surface area contributed by atoms with Crippen molar-refractivity contribution < 1.29 is 19.2 Å². The Kier molecular flexibility index (Phi) is 4.30. The van der Waals surface area contributed by atoms with E-state index in [4.69, 9.17) is 16.3 Å². The van der Waals surface area contributed by atoms with E-state index >= 15 is 0 Å². The summed E-state index contributed by atoms with van der Waals surface area (Å²) in [6.45, 7) is 0. The monoisotopic (exact) mass is 305 g/mol. The van der Waals surface area contributed by atoms with E-state index in [1.807, 2.05) is 0 Å². The summed E-state index contributed by atoms with van der Waals surface area (Å²) in [5.74, 6) is -0.821. The number of benzene rings is 2. The van der Waals surface area contributed by atoms with Crippen molar-refractivity contribution in [2.45, 2.75) is 0 Å². The van der Waals surface area contributed by atoms with Crippen LogP contribution in [0.1, 0.15) is 20.7 Å². The van der Waals surface area contributed by atoms with Gasteiger partial charge in [0.2, 0.25) is 0 Å². The van der Waals surface area contributed by atoms with Crippen molar-refractivity contribution in [3.05, 3.63) is 69.8 Å². The van der Waals surface area contributed by atoms with Crippen molar-refractivity contribution in [1.29, 1.82) is 0 Å². The summed E-state index contributed by atoms with van der Waals surface area (Å²) in [4.78, 5) is 33.2. The van der Waals surface area contributed by atoms with Crippen molar-refractivity contribution in [3.8, 4) is 5.75 Å². The molecule has 0 N–H and O–H groups in total. The van der Waals surface area contributed by atoms with Crippen molar-refractivity contribution in [2.75, 3.05) is 0 Å². The van der Waals surface area contributed by atoms with Crippen LogP contribution in [0.4, 0.5) is 5.69 Å². The van der Waals surface area contributed by atoms with Gasteiger partial charge in [0, 0.05) is 12.1 Å². The van der Waals surface area contributed by atoms with E-state index in [2.05, 4.69) is 0 Å². The number of carbonyl (C=O) groups excluding carboxylic acids is 2. The minimum atomic E-state index is -0.816. The van der Waals surface area contributed by atoms with Crippen LogP contribution in [-0.2, 0) is 0 Å². The average Bonchev–Trinajstić information content (AvgIpc) is 2.47. The highest BCUT2D eigenvalue weighted by Crippen LogP contribution is 2.22. The Morgan fingerprint density at radius 2 is 1.81 bits per heavy atom. The third-order valence-electron chi connectivity index (χ3n) is 2.59. The molecule has 0 saturated heterocycles. The highest BCUT2D eigenvalue weighted by atomic mass is 35.5. The molecule has 106 valence electrons. The number of rotatable bonds is 4. The van der Waals surface area contributed by atoms with Gasteiger partial charge in [-0.3, -0.25) is 14.9 Å². The topological polar surface area (TPSA) is 86.5 Å². The van der Waals surface area contributed by atoms with Crippen LogP contribution < -0.4 is 4.74 Å². The number of hydrogen-bond donors (Lipinski definition) is 0. The quantitative estimate of drug-likeness (QED) is 0.285. The van der Waals surface area contributed by atoms with Gasteiger partial charge >= 0.3 is 5.97 Å². The van der Waals surface area contributed by atoms with Gasteiger partial charge in [-0.25, -0.2) is 4.79 Å². The third kappa shape index (κ3) is 3.43. The minimum Gasteiger partial charge on any atom is -0.422 e. The molecule has 6 nitrogen and oxygen atoms in total. The lowest BCUT2D eigenvalue weighted by atomic mass is 10.2. The second-order valence-electron chi connectivity index (χ2n) is 3.97. The first-order valence-corrected chi connectivity index (χ1v) is 6.12. The molecular weight excluding hydrogens is 298 g/mol. The van der Waals surface area contributed by atoms with Gasteiger partial charge in [0.25, 0.3) is 10.9 Å².